The zero-order chi connectivity index (χ0) is 19.1. The number of hydrogen-bond donors (Lipinski definition) is 0. The lowest BCUT2D eigenvalue weighted by molar-refractivity contribution is -0.126. The molecule has 7 nitrogen and oxygen atoms in total. The van der Waals surface area contributed by atoms with Crippen molar-refractivity contribution in [2.75, 3.05) is 12.0 Å². The highest BCUT2D eigenvalue weighted by Crippen LogP contribution is 2.34. The minimum absolute atomic E-state index is 0.131. The third-order valence-electron chi connectivity index (χ3n) is 4.48. The molecular formula is C19H13FN2O5. The lowest BCUT2D eigenvalue weighted by Gasteiger charge is -2.15. The first-order chi connectivity index (χ1) is 13.0. The van der Waals surface area contributed by atoms with Crippen molar-refractivity contribution in [3.05, 3.63) is 59.9 Å². The summed E-state index contributed by atoms with van der Waals surface area (Å²) >= 11 is 0. The number of hydrogen-bond acceptors (Lipinski definition) is 6. The molecule has 0 bridgehead atoms. The van der Waals surface area contributed by atoms with Crippen LogP contribution in [0.5, 0.6) is 5.75 Å². The van der Waals surface area contributed by atoms with E-state index in [1.54, 1.807) is 12.1 Å². The quantitative estimate of drug-likeness (QED) is 0.608. The average molecular weight is 368 g/mol. The van der Waals surface area contributed by atoms with Crippen molar-refractivity contribution in [3.8, 4) is 5.75 Å². The molecule has 2 aromatic carbocycles. The van der Waals surface area contributed by atoms with Gasteiger partial charge >= 0.3 is 0 Å². The van der Waals surface area contributed by atoms with Crippen LogP contribution < -0.4 is 9.64 Å². The number of fused-ring (bicyclic) bond motifs is 1. The SMILES string of the molecule is COc1ccc(C(=O)C2=NO[C@H]3C(=O)N(c4ccc(F)cc4)C(=O)[C@H]23)cc1. The smallest absolute Gasteiger partial charge is 0.278 e. The number of oxime groups is 1. The van der Waals surface area contributed by atoms with Gasteiger partial charge in [-0.15, -0.1) is 0 Å². The van der Waals surface area contributed by atoms with Crippen LogP contribution in [0.15, 0.2) is 53.7 Å². The van der Waals surface area contributed by atoms with Gasteiger partial charge in [-0.05, 0) is 48.5 Å². The Balaban J connectivity index is 1.63. The second kappa shape index (κ2) is 6.31. The number of benzene rings is 2. The first-order valence-corrected chi connectivity index (χ1v) is 8.07. The molecule has 8 heteroatoms. The highest BCUT2D eigenvalue weighted by molar-refractivity contribution is 6.52. The zero-order valence-electron chi connectivity index (χ0n) is 14.1. The Bertz CT molecular complexity index is 969. The number of anilines is 1. The minimum Gasteiger partial charge on any atom is -0.497 e. The fourth-order valence-corrected chi connectivity index (χ4v) is 3.10. The number of methoxy groups -OCH3 is 1. The zero-order valence-corrected chi connectivity index (χ0v) is 14.1. The standard InChI is InChI=1S/C19H13FN2O5/c1-26-13-8-2-10(3-9-13)16(23)15-14-17(27-21-15)19(25)22(18(14)24)12-6-4-11(20)5-7-12/h2-9,14,17H,1H3/t14-,17-/m1/s1. The lowest BCUT2D eigenvalue weighted by atomic mass is 9.93. The summed E-state index contributed by atoms with van der Waals surface area (Å²) in [7, 11) is 1.50. The number of halogens is 1. The monoisotopic (exact) mass is 368 g/mol. The van der Waals surface area contributed by atoms with Crippen LogP contribution >= 0.6 is 0 Å². The second-order valence-electron chi connectivity index (χ2n) is 6.03. The van der Waals surface area contributed by atoms with Crippen LogP contribution in [0, 0.1) is 11.7 Å². The average Bonchev–Trinajstić information content (AvgIpc) is 3.23. The maximum absolute atomic E-state index is 13.1. The summed E-state index contributed by atoms with van der Waals surface area (Å²) in [6.07, 6.45) is -1.19. The minimum atomic E-state index is -1.19. The van der Waals surface area contributed by atoms with Crippen molar-refractivity contribution in [1.29, 1.82) is 0 Å². The Kier molecular flexibility index (Phi) is 3.95. The Hall–Kier alpha value is -3.55. The maximum atomic E-state index is 13.1. The first-order valence-electron chi connectivity index (χ1n) is 8.07. The van der Waals surface area contributed by atoms with Crippen LogP contribution in [0.3, 0.4) is 0 Å². The van der Waals surface area contributed by atoms with Gasteiger partial charge in [-0.3, -0.25) is 14.4 Å². The molecule has 2 aliphatic heterocycles. The number of ketones is 1. The van der Waals surface area contributed by atoms with Crippen molar-refractivity contribution in [1.82, 2.24) is 0 Å². The third-order valence-corrected chi connectivity index (χ3v) is 4.48. The van der Waals surface area contributed by atoms with Gasteiger partial charge in [0, 0.05) is 5.56 Å². The Morgan fingerprint density at radius 3 is 2.37 bits per heavy atom. The van der Waals surface area contributed by atoms with Gasteiger partial charge in [-0.2, -0.15) is 0 Å². The van der Waals surface area contributed by atoms with E-state index in [1.165, 1.54) is 31.4 Å². The Morgan fingerprint density at radius 1 is 1.07 bits per heavy atom. The molecule has 136 valence electrons. The Morgan fingerprint density at radius 2 is 1.74 bits per heavy atom. The number of imide groups is 1. The van der Waals surface area contributed by atoms with Crippen molar-refractivity contribution in [2.45, 2.75) is 6.10 Å². The highest BCUT2D eigenvalue weighted by atomic mass is 19.1. The van der Waals surface area contributed by atoms with E-state index >= 15 is 0 Å². The molecule has 0 saturated carbocycles. The molecule has 1 fully saturated rings. The van der Waals surface area contributed by atoms with Gasteiger partial charge in [0.25, 0.3) is 5.91 Å². The molecule has 27 heavy (non-hydrogen) atoms. The molecule has 4 rings (SSSR count). The highest BCUT2D eigenvalue weighted by Gasteiger charge is 2.57. The predicted octanol–water partition coefficient (Wildman–Crippen LogP) is 1.96. The van der Waals surface area contributed by atoms with E-state index in [0.717, 1.165) is 17.0 Å². The van der Waals surface area contributed by atoms with E-state index < -0.39 is 35.4 Å². The van der Waals surface area contributed by atoms with Crippen molar-refractivity contribution >= 4 is 29.0 Å². The fourth-order valence-electron chi connectivity index (χ4n) is 3.10. The number of amides is 2. The van der Waals surface area contributed by atoms with Crippen LogP contribution in [-0.4, -0.2) is 36.5 Å². The van der Waals surface area contributed by atoms with Crippen molar-refractivity contribution in [3.63, 3.8) is 0 Å². The van der Waals surface area contributed by atoms with Crippen LogP contribution in [-0.2, 0) is 14.4 Å². The topological polar surface area (TPSA) is 85.3 Å². The summed E-state index contributed by atoms with van der Waals surface area (Å²) in [5.41, 5.74) is 0.369. The summed E-state index contributed by atoms with van der Waals surface area (Å²) < 4.78 is 18.2. The molecule has 2 amide bonds. The maximum Gasteiger partial charge on any atom is 0.278 e. The Labute approximate surface area is 153 Å². The molecule has 0 aromatic heterocycles. The molecule has 0 spiro atoms. The van der Waals surface area contributed by atoms with Crippen LogP contribution in [0.2, 0.25) is 0 Å². The second-order valence-corrected chi connectivity index (χ2v) is 6.03. The lowest BCUT2D eigenvalue weighted by Crippen LogP contribution is -2.34. The van der Waals surface area contributed by atoms with Crippen LogP contribution in [0.25, 0.3) is 0 Å². The van der Waals surface area contributed by atoms with E-state index in [-0.39, 0.29) is 11.4 Å². The molecular weight excluding hydrogens is 355 g/mol. The van der Waals surface area contributed by atoms with Crippen LogP contribution in [0.1, 0.15) is 10.4 Å². The predicted molar refractivity (Wildman–Crippen MR) is 92.0 cm³/mol. The molecule has 2 aliphatic rings. The van der Waals surface area contributed by atoms with Gasteiger partial charge in [0.1, 0.15) is 23.2 Å². The van der Waals surface area contributed by atoms with Gasteiger partial charge in [0.15, 0.2) is 0 Å². The van der Waals surface area contributed by atoms with Crippen molar-refractivity contribution < 1.29 is 28.3 Å². The summed E-state index contributed by atoms with van der Waals surface area (Å²) in [6, 6.07) is 11.2. The number of nitrogens with zero attached hydrogens (tertiary/aromatic N) is 2. The molecule has 0 aliphatic carbocycles. The van der Waals surface area contributed by atoms with Crippen molar-refractivity contribution in [2.24, 2.45) is 11.1 Å². The van der Waals surface area contributed by atoms with Gasteiger partial charge < -0.3 is 9.57 Å². The van der Waals surface area contributed by atoms with E-state index in [1.807, 2.05) is 0 Å². The number of carbonyl (C=O) groups is 3. The van der Waals surface area contributed by atoms with Crippen LogP contribution in [0.4, 0.5) is 10.1 Å². The first kappa shape index (κ1) is 16.9. The van der Waals surface area contributed by atoms with E-state index in [2.05, 4.69) is 5.16 Å². The molecule has 2 aromatic rings. The van der Waals surface area contributed by atoms with Gasteiger partial charge in [0.05, 0.1) is 12.8 Å². The van der Waals surface area contributed by atoms with Gasteiger partial charge in [0.2, 0.25) is 17.8 Å². The molecule has 1 saturated heterocycles. The summed E-state index contributed by atoms with van der Waals surface area (Å²) in [5.74, 6) is -2.83. The van der Waals surface area contributed by atoms with E-state index in [9.17, 15) is 18.8 Å². The molecule has 0 unspecified atom stereocenters. The molecule has 2 heterocycles. The summed E-state index contributed by atoms with van der Waals surface area (Å²) in [4.78, 5) is 44.1. The molecule has 0 radical (unpaired) electrons. The fraction of sp³-hybridized carbons (Fsp3) is 0.158. The number of rotatable bonds is 4. The number of ether oxygens (including phenoxy) is 1. The number of Topliss-reactive ketones (excluding diaryl/α,β-unsaturated/α-hetero) is 1. The molecule has 0 N–H and O–H groups in total. The van der Waals surface area contributed by atoms with Gasteiger partial charge in [-0.1, -0.05) is 5.16 Å². The summed E-state index contributed by atoms with van der Waals surface area (Å²) in [5, 5.41) is 3.69. The number of carbonyl (C=O) groups excluding carboxylic acids is 3. The van der Waals surface area contributed by atoms with E-state index in [0.29, 0.717) is 11.3 Å². The third kappa shape index (κ3) is 2.66. The summed E-state index contributed by atoms with van der Waals surface area (Å²) in [6.45, 7) is 0. The van der Waals surface area contributed by atoms with Gasteiger partial charge in [-0.25, -0.2) is 9.29 Å². The van der Waals surface area contributed by atoms with E-state index in [4.69, 9.17) is 9.57 Å². The largest absolute Gasteiger partial charge is 0.497 e. The normalized spacial score (nSPS) is 21.0. The molecule has 2 atom stereocenters.